The first-order valence-corrected chi connectivity index (χ1v) is 6.59. The molecule has 0 saturated heterocycles. The van der Waals surface area contributed by atoms with Gasteiger partial charge < -0.3 is 15.8 Å². The summed E-state index contributed by atoms with van der Waals surface area (Å²) in [6.45, 7) is 0.253. The lowest BCUT2D eigenvalue weighted by atomic mass is 10.4. The number of nitrogens with two attached hydrogens (primary N) is 1. The number of ether oxygens (including phenoxy) is 1. The third-order valence-corrected chi connectivity index (χ3v) is 3.43. The second-order valence-electron chi connectivity index (χ2n) is 3.24. The number of nitrogen functional groups attached to an aromatic ring is 1. The molecule has 0 fully saturated rings. The maximum Gasteiger partial charge on any atom is 0.238 e. The van der Waals surface area contributed by atoms with Crippen LogP contribution in [0.3, 0.4) is 0 Å². The molecule has 4 N–H and O–H groups in total. The van der Waals surface area contributed by atoms with Gasteiger partial charge in [0.15, 0.2) is 0 Å². The number of aromatic nitrogens is 1. The Morgan fingerprint density at radius 2 is 2.18 bits per heavy atom. The second kappa shape index (κ2) is 5.69. The van der Waals surface area contributed by atoms with Gasteiger partial charge in [0.05, 0.1) is 18.6 Å². The fourth-order valence-electron chi connectivity index (χ4n) is 1.13. The molecule has 0 aliphatic rings. The minimum atomic E-state index is -3.21. The molecule has 0 spiro atoms. The molecule has 1 rings (SSSR count). The minimum absolute atomic E-state index is 0.0299. The maximum atomic E-state index is 11.2. The van der Waals surface area contributed by atoms with E-state index in [9.17, 15) is 8.42 Å². The first-order chi connectivity index (χ1) is 7.98. The van der Waals surface area contributed by atoms with Gasteiger partial charge in [-0.2, -0.15) is 4.98 Å². The molecule has 0 bridgehead atoms. The highest BCUT2D eigenvalue weighted by Crippen LogP contribution is 2.19. The summed E-state index contributed by atoms with van der Waals surface area (Å²) in [4.78, 5) is 4.06. The molecule has 0 amide bonds. The van der Waals surface area contributed by atoms with Crippen molar-refractivity contribution in [3.8, 4) is 5.88 Å². The van der Waals surface area contributed by atoms with E-state index in [4.69, 9.17) is 10.5 Å². The number of nitrogens with one attached hydrogen (secondary N) is 2. The quantitative estimate of drug-likeness (QED) is 0.644. The molecule has 8 heteroatoms. The van der Waals surface area contributed by atoms with Gasteiger partial charge in [0.1, 0.15) is 5.82 Å². The summed E-state index contributed by atoms with van der Waals surface area (Å²) in [5.41, 5.74) is 6.03. The monoisotopic (exact) mass is 260 g/mol. The number of pyridine rings is 1. The van der Waals surface area contributed by atoms with Crippen LogP contribution < -0.4 is 20.5 Å². The Hall–Kier alpha value is -1.54. The zero-order valence-corrected chi connectivity index (χ0v) is 10.5. The van der Waals surface area contributed by atoms with Crippen molar-refractivity contribution in [3.63, 3.8) is 0 Å². The fourth-order valence-corrected chi connectivity index (χ4v) is 1.70. The van der Waals surface area contributed by atoms with E-state index in [0.29, 0.717) is 17.4 Å². The van der Waals surface area contributed by atoms with Crippen molar-refractivity contribution < 1.29 is 13.2 Å². The van der Waals surface area contributed by atoms with E-state index in [1.807, 2.05) is 0 Å². The van der Waals surface area contributed by atoms with Crippen LogP contribution in [0.4, 0.5) is 11.5 Å². The highest BCUT2D eigenvalue weighted by molar-refractivity contribution is 7.89. The van der Waals surface area contributed by atoms with Crippen molar-refractivity contribution >= 4 is 21.5 Å². The smallest absolute Gasteiger partial charge is 0.238 e. The number of rotatable bonds is 6. The van der Waals surface area contributed by atoms with E-state index in [0.717, 1.165) is 0 Å². The average Bonchev–Trinajstić information content (AvgIpc) is 2.31. The molecular formula is C9H16N4O3S. The van der Waals surface area contributed by atoms with Gasteiger partial charge in [-0.1, -0.05) is 0 Å². The number of hydrogen-bond donors (Lipinski definition) is 3. The molecule has 0 aliphatic carbocycles. The van der Waals surface area contributed by atoms with Crippen LogP contribution in [0.1, 0.15) is 0 Å². The topological polar surface area (TPSA) is 106 Å². The number of anilines is 2. The summed E-state index contributed by atoms with van der Waals surface area (Å²) in [6, 6.07) is 3.30. The summed E-state index contributed by atoms with van der Waals surface area (Å²) in [7, 11) is -0.369. The molecule has 0 atom stereocenters. The molecule has 0 radical (unpaired) electrons. The van der Waals surface area contributed by atoms with Crippen LogP contribution in [0.15, 0.2) is 12.1 Å². The summed E-state index contributed by atoms with van der Waals surface area (Å²) in [5, 5.41) is 2.87. The Bertz CT molecular complexity index is 475. The van der Waals surface area contributed by atoms with Crippen molar-refractivity contribution in [2.45, 2.75) is 0 Å². The van der Waals surface area contributed by atoms with Crippen molar-refractivity contribution in [1.29, 1.82) is 0 Å². The molecule has 17 heavy (non-hydrogen) atoms. The third kappa shape index (κ3) is 4.08. The van der Waals surface area contributed by atoms with E-state index in [1.54, 1.807) is 12.1 Å². The Kier molecular flexibility index (Phi) is 4.53. The van der Waals surface area contributed by atoms with Crippen LogP contribution in [0, 0.1) is 0 Å². The maximum absolute atomic E-state index is 11.2. The lowest BCUT2D eigenvalue weighted by Crippen LogP contribution is -2.26. The van der Waals surface area contributed by atoms with Crippen molar-refractivity contribution in [2.75, 3.05) is 37.5 Å². The normalized spacial score (nSPS) is 11.2. The molecule has 0 unspecified atom stereocenters. The zero-order valence-electron chi connectivity index (χ0n) is 9.73. The van der Waals surface area contributed by atoms with Crippen LogP contribution in [0.5, 0.6) is 5.88 Å². The zero-order chi connectivity index (χ0) is 12.9. The van der Waals surface area contributed by atoms with Crippen molar-refractivity contribution in [2.24, 2.45) is 0 Å². The first kappa shape index (κ1) is 13.5. The summed E-state index contributed by atoms with van der Waals surface area (Å²) >= 11 is 0. The van der Waals surface area contributed by atoms with Gasteiger partial charge >= 0.3 is 0 Å². The van der Waals surface area contributed by atoms with Crippen LogP contribution in [0.25, 0.3) is 0 Å². The number of sulfonamides is 1. The Morgan fingerprint density at radius 3 is 2.76 bits per heavy atom. The number of nitrogens with zero attached hydrogens (tertiary/aromatic N) is 1. The van der Waals surface area contributed by atoms with Gasteiger partial charge in [0.2, 0.25) is 15.9 Å². The lowest BCUT2D eigenvalue weighted by Gasteiger charge is -2.08. The molecule has 1 aromatic heterocycles. The molecule has 1 heterocycles. The standard InChI is InChI=1S/C9H16N4O3S/c1-11-17(14,15)6-5-12-8-4-3-7(10)9(13-8)16-2/h3-4,11H,5-6,10H2,1-2H3,(H,12,13). The molecule has 1 aromatic rings. The molecule has 0 aromatic carbocycles. The van der Waals surface area contributed by atoms with Crippen molar-refractivity contribution in [1.82, 2.24) is 9.71 Å². The van der Waals surface area contributed by atoms with E-state index < -0.39 is 10.0 Å². The largest absolute Gasteiger partial charge is 0.479 e. The Labute approximate surface area is 100 Å². The van der Waals surface area contributed by atoms with Crippen LogP contribution in [-0.2, 0) is 10.0 Å². The van der Waals surface area contributed by atoms with Gasteiger partial charge in [-0.05, 0) is 19.2 Å². The van der Waals surface area contributed by atoms with Gasteiger partial charge in [-0.3, -0.25) is 0 Å². The number of hydrogen-bond acceptors (Lipinski definition) is 6. The van der Waals surface area contributed by atoms with E-state index in [1.165, 1.54) is 14.2 Å². The summed E-state index contributed by atoms with van der Waals surface area (Å²) in [5.74, 6) is 0.798. The second-order valence-corrected chi connectivity index (χ2v) is 5.29. The summed E-state index contributed by atoms with van der Waals surface area (Å²) < 4.78 is 29.5. The predicted octanol–water partition coefficient (Wildman–Crippen LogP) is -0.366. The van der Waals surface area contributed by atoms with Crippen molar-refractivity contribution in [3.05, 3.63) is 12.1 Å². The summed E-state index contributed by atoms with van der Waals surface area (Å²) in [6.07, 6.45) is 0. The average molecular weight is 260 g/mol. The SMILES string of the molecule is CNS(=O)(=O)CCNc1ccc(N)c(OC)n1. The number of methoxy groups -OCH3 is 1. The molecule has 0 aliphatic heterocycles. The van der Waals surface area contributed by atoms with Gasteiger partial charge in [0, 0.05) is 6.54 Å². The fraction of sp³-hybridized carbons (Fsp3) is 0.444. The van der Waals surface area contributed by atoms with E-state index >= 15 is 0 Å². The molecular weight excluding hydrogens is 244 g/mol. The lowest BCUT2D eigenvalue weighted by molar-refractivity contribution is 0.401. The Balaban J connectivity index is 2.58. The molecule has 0 saturated carbocycles. The predicted molar refractivity (Wildman–Crippen MR) is 66.5 cm³/mol. The van der Waals surface area contributed by atoms with Gasteiger partial charge in [-0.25, -0.2) is 13.1 Å². The van der Waals surface area contributed by atoms with Crippen LogP contribution >= 0.6 is 0 Å². The third-order valence-electron chi connectivity index (χ3n) is 2.07. The highest BCUT2D eigenvalue weighted by atomic mass is 32.2. The van der Waals surface area contributed by atoms with Gasteiger partial charge in [0.25, 0.3) is 0 Å². The van der Waals surface area contributed by atoms with Gasteiger partial charge in [-0.15, -0.1) is 0 Å². The Morgan fingerprint density at radius 1 is 1.47 bits per heavy atom. The van der Waals surface area contributed by atoms with E-state index in [-0.39, 0.29) is 12.3 Å². The minimum Gasteiger partial charge on any atom is -0.479 e. The highest BCUT2D eigenvalue weighted by Gasteiger charge is 2.07. The molecule has 7 nitrogen and oxygen atoms in total. The molecule has 96 valence electrons. The van der Waals surface area contributed by atoms with Crippen LogP contribution in [-0.4, -0.2) is 39.9 Å². The van der Waals surface area contributed by atoms with E-state index in [2.05, 4.69) is 15.0 Å². The first-order valence-electron chi connectivity index (χ1n) is 4.94. The van der Waals surface area contributed by atoms with Crippen LogP contribution in [0.2, 0.25) is 0 Å².